The number of imide groups is 1. The number of anilines is 1. The second-order valence-electron chi connectivity index (χ2n) is 7.42. The van der Waals surface area contributed by atoms with Crippen molar-refractivity contribution in [2.75, 3.05) is 32.5 Å². The molecule has 8 heteroatoms. The molecular weight excluding hydrogens is 334 g/mol. The van der Waals surface area contributed by atoms with Crippen LogP contribution < -0.4 is 5.32 Å². The van der Waals surface area contributed by atoms with Gasteiger partial charge in [0.25, 0.3) is 0 Å². The number of likely N-dealkylation sites (N-methyl/N-ethyl adjacent to an activating group) is 1. The maximum Gasteiger partial charge on any atom is 0.233 e. The summed E-state index contributed by atoms with van der Waals surface area (Å²) in [4.78, 5) is 40.3. The molecule has 1 N–H and O–H groups in total. The molecule has 8 nitrogen and oxygen atoms in total. The van der Waals surface area contributed by atoms with E-state index in [1.54, 1.807) is 17.1 Å². The lowest BCUT2D eigenvalue weighted by Gasteiger charge is -2.19. The summed E-state index contributed by atoms with van der Waals surface area (Å²) in [7, 11) is 3.98. The number of aromatic nitrogens is 2. The van der Waals surface area contributed by atoms with Crippen molar-refractivity contribution in [1.82, 2.24) is 19.6 Å². The summed E-state index contributed by atoms with van der Waals surface area (Å²) < 4.78 is 1.77. The van der Waals surface area contributed by atoms with Gasteiger partial charge in [0.2, 0.25) is 17.7 Å². The summed E-state index contributed by atoms with van der Waals surface area (Å²) in [6.07, 6.45) is 7.10. The lowest BCUT2D eigenvalue weighted by Crippen LogP contribution is -2.34. The molecule has 3 rings (SSSR count). The molecule has 2 atom stereocenters. The van der Waals surface area contributed by atoms with Crippen LogP contribution in [0.25, 0.3) is 0 Å². The molecule has 26 heavy (non-hydrogen) atoms. The van der Waals surface area contributed by atoms with Gasteiger partial charge in [0.1, 0.15) is 0 Å². The highest BCUT2D eigenvalue weighted by atomic mass is 16.2. The van der Waals surface area contributed by atoms with Gasteiger partial charge in [-0.15, -0.1) is 0 Å². The minimum absolute atomic E-state index is 0.0935. The van der Waals surface area contributed by atoms with Crippen LogP contribution in [0.1, 0.15) is 32.1 Å². The lowest BCUT2D eigenvalue weighted by molar-refractivity contribution is -0.140. The molecule has 1 aromatic rings. The first kappa shape index (κ1) is 18.6. The predicted molar refractivity (Wildman–Crippen MR) is 96.2 cm³/mol. The zero-order chi connectivity index (χ0) is 18.7. The Kier molecular flexibility index (Phi) is 5.70. The van der Waals surface area contributed by atoms with Crippen molar-refractivity contribution >= 4 is 23.4 Å². The molecule has 1 aromatic heterocycles. The molecule has 2 heterocycles. The van der Waals surface area contributed by atoms with Gasteiger partial charge in [0.15, 0.2) is 0 Å². The number of rotatable bonds is 7. The highest BCUT2D eigenvalue weighted by Gasteiger charge is 2.47. The van der Waals surface area contributed by atoms with Crippen molar-refractivity contribution in [3.63, 3.8) is 0 Å². The zero-order valence-corrected chi connectivity index (χ0v) is 15.5. The fourth-order valence-electron chi connectivity index (χ4n) is 3.74. The van der Waals surface area contributed by atoms with Crippen molar-refractivity contribution in [2.24, 2.45) is 11.8 Å². The fraction of sp³-hybridized carbons (Fsp3) is 0.667. The Balaban J connectivity index is 1.48. The number of hydrogen-bond donors (Lipinski definition) is 1. The smallest absolute Gasteiger partial charge is 0.233 e. The van der Waals surface area contributed by atoms with Gasteiger partial charge in [0, 0.05) is 25.7 Å². The highest BCUT2D eigenvalue weighted by Crippen LogP contribution is 2.37. The Labute approximate surface area is 153 Å². The molecule has 0 radical (unpaired) electrons. The lowest BCUT2D eigenvalue weighted by atomic mass is 9.81. The zero-order valence-electron chi connectivity index (χ0n) is 15.5. The third kappa shape index (κ3) is 4.12. The Morgan fingerprint density at radius 3 is 2.46 bits per heavy atom. The second kappa shape index (κ2) is 7.99. The molecule has 0 spiro atoms. The SMILES string of the molecule is CN(C)CCn1cc(NC(=O)CCN2C(=O)C3CCCCC3C2=O)cn1. The normalized spacial score (nSPS) is 22.8. The minimum Gasteiger partial charge on any atom is -0.323 e. The van der Waals surface area contributed by atoms with Crippen LogP contribution in [0.15, 0.2) is 12.4 Å². The molecule has 0 bridgehead atoms. The summed E-state index contributed by atoms with van der Waals surface area (Å²) in [5.41, 5.74) is 0.626. The van der Waals surface area contributed by atoms with Crippen LogP contribution in [0.2, 0.25) is 0 Å². The van der Waals surface area contributed by atoms with E-state index in [4.69, 9.17) is 0 Å². The number of nitrogens with one attached hydrogen (secondary N) is 1. The average molecular weight is 361 g/mol. The van der Waals surface area contributed by atoms with Crippen molar-refractivity contribution < 1.29 is 14.4 Å². The second-order valence-corrected chi connectivity index (χ2v) is 7.42. The van der Waals surface area contributed by atoms with Gasteiger partial charge >= 0.3 is 0 Å². The van der Waals surface area contributed by atoms with Gasteiger partial charge < -0.3 is 10.2 Å². The number of amides is 3. The largest absolute Gasteiger partial charge is 0.323 e. The predicted octanol–water partition coefficient (Wildman–Crippen LogP) is 0.948. The van der Waals surface area contributed by atoms with E-state index in [2.05, 4.69) is 15.3 Å². The molecule has 1 aliphatic heterocycles. The maximum absolute atomic E-state index is 12.4. The number of likely N-dealkylation sites (tertiary alicyclic amines) is 1. The fourth-order valence-corrected chi connectivity index (χ4v) is 3.74. The first-order valence-electron chi connectivity index (χ1n) is 9.28. The topological polar surface area (TPSA) is 87.5 Å². The first-order valence-corrected chi connectivity index (χ1v) is 9.28. The van der Waals surface area contributed by atoms with Crippen molar-refractivity contribution in [1.29, 1.82) is 0 Å². The van der Waals surface area contributed by atoms with E-state index < -0.39 is 0 Å². The van der Waals surface area contributed by atoms with Gasteiger partial charge in [-0.05, 0) is 26.9 Å². The standard InChI is InChI=1S/C18H27N5O3/c1-21(2)9-10-22-12-13(11-19-22)20-16(24)7-8-23-17(25)14-5-3-4-6-15(14)18(23)26/h11-12,14-15H,3-10H2,1-2H3,(H,20,24). The van der Waals surface area contributed by atoms with Gasteiger partial charge in [-0.2, -0.15) is 5.10 Å². The number of carbonyl (C=O) groups is 3. The Morgan fingerprint density at radius 2 is 1.85 bits per heavy atom. The van der Waals surface area contributed by atoms with Crippen LogP contribution in [-0.4, -0.2) is 64.5 Å². The molecule has 2 aliphatic rings. The van der Waals surface area contributed by atoms with E-state index in [0.717, 1.165) is 38.8 Å². The van der Waals surface area contributed by atoms with Gasteiger partial charge in [-0.25, -0.2) is 0 Å². The molecular formula is C18H27N5O3. The van der Waals surface area contributed by atoms with Crippen molar-refractivity contribution in [3.8, 4) is 0 Å². The molecule has 1 aliphatic carbocycles. The van der Waals surface area contributed by atoms with Crippen LogP contribution in [0.4, 0.5) is 5.69 Å². The maximum atomic E-state index is 12.4. The molecule has 3 amide bonds. The summed E-state index contributed by atoms with van der Waals surface area (Å²) in [5.74, 6) is -0.718. The van der Waals surface area contributed by atoms with E-state index in [0.29, 0.717) is 5.69 Å². The number of hydrogen-bond acceptors (Lipinski definition) is 5. The van der Waals surface area contributed by atoms with Gasteiger partial charge in [0.05, 0.1) is 30.3 Å². The quantitative estimate of drug-likeness (QED) is 0.731. The molecule has 0 aromatic carbocycles. The van der Waals surface area contributed by atoms with Gasteiger partial charge in [-0.3, -0.25) is 24.0 Å². The Morgan fingerprint density at radius 1 is 1.19 bits per heavy atom. The van der Waals surface area contributed by atoms with Crippen LogP contribution >= 0.6 is 0 Å². The van der Waals surface area contributed by atoms with Crippen LogP contribution in [0.3, 0.4) is 0 Å². The average Bonchev–Trinajstić information content (AvgIpc) is 3.15. The number of carbonyl (C=O) groups excluding carboxylic acids is 3. The molecule has 1 saturated carbocycles. The van der Waals surface area contributed by atoms with E-state index in [1.807, 2.05) is 14.1 Å². The monoisotopic (exact) mass is 361 g/mol. The summed E-state index contributed by atoms with van der Waals surface area (Å²) in [5, 5.41) is 6.99. The van der Waals surface area contributed by atoms with E-state index in [1.165, 1.54) is 4.90 Å². The summed E-state index contributed by atoms with van der Waals surface area (Å²) in [6.45, 7) is 1.75. The Hall–Kier alpha value is -2.22. The molecule has 1 saturated heterocycles. The summed E-state index contributed by atoms with van der Waals surface area (Å²) in [6, 6.07) is 0. The van der Waals surface area contributed by atoms with E-state index in [9.17, 15) is 14.4 Å². The van der Waals surface area contributed by atoms with Crippen LogP contribution in [0, 0.1) is 11.8 Å². The minimum atomic E-state index is -0.215. The van der Waals surface area contributed by atoms with Crippen LogP contribution in [-0.2, 0) is 20.9 Å². The van der Waals surface area contributed by atoms with Crippen LogP contribution in [0.5, 0.6) is 0 Å². The number of fused-ring (bicyclic) bond motifs is 1. The highest BCUT2D eigenvalue weighted by molar-refractivity contribution is 6.05. The molecule has 2 fully saturated rings. The third-order valence-corrected chi connectivity index (χ3v) is 5.19. The first-order chi connectivity index (χ1) is 12.5. The third-order valence-electron chi connectivity index (χ3n) is 5.19. The number of nitrogens with zero attached hydrogens (tertiary/aromatic N) is 4. The summed E-state index contributed by atoms with van der Waals surface area (Å²) >= 11 is 0. The Bertz CT molecular complexity index is 660. The molecule has 142 valence electrons. The van der Waals surface area contributed by atoms with Gasteiger partial charge in [-0.1, -0.05) is 12.8 Å². The van der Waals surface area contributed by atoms with Crippen molar-refractivity contribution in [2.45, 2.75) is 38.6 Å². The molecule has 2 unspecified atom stereocenters. The van der Waals surface area contributed by atoms with Crippen molar-refractivity contribution in [3.05, 3.63) is 12.4 Å². The van der Waals surface area contributed by atoms with E-state index >= 15 is 0 Å². The van der Waals surface area contributed by atoms with E-state index in [-0.39, 0.29) is 42.5 Å².